The molecule has 16 heavy (non-hydrogen) atoms. The van der Waals surface area contributed by atoms with Gasteiger partial charge < -0.3 is 15.2 Å². The van der Waals surface area contributed by atoms with Crippen LogP contribution in [0.15, 0.2) is 30.3 Å². The van der Waals surface area contributed by atoms with E-state index in [9.17, 15) is 0 Å². The highest BCUT2D eigenvalue weighted by Gasteiger charge is 1.99. The SMILES string of the molecule is CC(CCCO)NCCOc1ccccc1. The van der Waals surface area contributed by atoms with Gasteiger partial charge in [0.1, 0.15) is 12.4 Å². The molecule has 0 radical (unpaired) electrons. The quantitative estimate of drug-likeness (QED) is 0.660. The van der Waals surface area contributed by atoms with E-state index < -0.39 is 0 Å². The van der Waals surface area contributed by atoms with E-state index in [0.717, 1.165) is 25.1 Å². The van der Waals surface area contributed by atoms with Crippen molar-refractivity contribution in [3.8, 4) is 5.75 Å². The number of para-hydroxylation sites is 1. The average Bonchev–Trinajstić information content (AvgIpc) is 2.33. The summed E-state index contributed by atoms with van der Waals surface area (Å²) in [4.78, 5) is 0. The lowest BCUT2D eigenvalue weighted by Crippen LogP contribution is -2.30. The molecule has 0 aliphatic heterocycles. The summed E-state index contributed by atoms with van der Waals surface area (Å²) in [5.41, 5.74) is 0. The van der Waals surface area contributed by atoms with E-state index in [2.05, 4.69) is 12.2 Å². The van der Waals surface area contributed by atoms with Crippen LogP contribution in [0.4, 0.5) is 0 Å². The van der Waals surface area contributed by atoms with Crippen molar-refractivity contribution in [3.05, 3.63) is 30.3 Å². The van der Waals surface area contributed by atoms with Crippen molar-refractivity contribution in [1.82, 2.24) is 5.32 Å². The van der Waals surface area contributed by atoms with Crippen LogP contribution in [0.25, 0.3) is 0 Å². The summed E-state index contributed by atoms with van der Waals surface area (Å²) in [5.74, 6) is 0.910. The van der Waals surface area contributed by atoms with E-state index in [1.807, 2.05) is 30.3 Å². The molecule has 0 aliphatic rings. The first-order chi connectivity index (χ1) is 7.83. The fraction of sp³-hybridized carbons (Fsp3) is 0.538. The Morgan fingerprint density at radius 1 is 1.31 bits per heavy atom. The van der Waals surface area contributed by atoms with Crippen LogP contribution < -0.4 is 10.1 Å². The Balaban J connectivity index is 2.03. The maximum atomic E-state index is 8.68. The zero-order chi connectivity index (χ0) is 11.6. The van der Waals surface area contributed by atoms with Gasteiger partial charge in [0.2, 0.25) is 0 Å². The lowest BCUT2D eigenvalue weighted by molar-refractivity contribution is 0.270. The first-order valence-corrected chi connectivity index (χ1v) is 5.85. The zero-order valence-electron chi connectivity index (χ0n) is 9.86. The van der Waals surface area contributed by atoms with E-state index in [-0.39, 0.29) is 6.61 Å². The number of aliphatic hydroxyl groups excluding tert-OH is 1. The van der Waals surface area contributed by atoms with Crippen molar-refractivity contribution in [2.24, 2.45) is 0 Å². The van der Waals surface area contributed by atoms with Crippen molar-refractivity contribution in [1.29, 1.82) is 0 Å². The summed E-state index contributed by atoms with van der Waals surface area (Å²) in [6, 6.07) is 10.2. The van der Waals surface area contributed by atoms with Crippen LogP contribution in [0.2, 0.25) is 0 Å². The highest BCUT2D eigenvalue weighted by atomic mass is 16.5. The molecule has 0 spiro atoms. The van der Waals surface area contributed by atoms with Crippen LogP contribution in [0, 0.1) is 0 Å². The van der Waals surface area contributed by atoms with Crippen LogP contribution >= 0.6 is 0 Å². The minimum Gasteiger partial charge on any atom is -0.492 e. The van der Waals surface area contributed by atoms with Crippen molar-refractivity contribution in [2.75, 3.05) is 19.8 Å². The summed E-state index contributed by atoms with van der Waals surface area (Å²) in [7, 11) is 0. The second-order valence-electron chi connectivity index (χ2n) is 3.88. The average molecular weight is 223 g/mol. The maximum absolute atomic E-state index is 8.68. The molecule has 1 unspecified atom stereocenters. The third kappa shape index (κ3) is 5.73. The first kappa shape index (κ1) is 13.0. The molecule has 1 aromatic carbocycles. The van der Waals surface area contributed by atoms with Gasteiger partial charge >= 0.3 is 0 Å². The predicted octanol–water partition coefficient (Wildman–Crippen LogP) is 1.82. The summed E-state index contributed by atoms with van der Waals surface area (Å²) in [5, 5.41) is 12.0. The number of ether oxygens (including phenoxy) is 1. The minimum absolute atomic E-state index is 0.270. The molecule has 1 atom stereocenters. The second kappa shape index (κ2) is 8.13. The number of hydrogen-bond donors (Lipinski definition) is 2. The smallest absolute Gasteiger partial charge is 0.119 e. The topological polar surface area (TPSA) is 41.5 Å². The van der Waals surface area contributed by atoms with E-state index in [0.29, 0.717) is 12.6 Å². The van der Waals surface area contributed by atoms with Crippen LogP contribution in [-0.4, -0.2) is 30.9 Å². The van der Waals surface area contributed by atoms with Gasteiger partial charge in [0.25, 0.3) is 0 Å². The fourth-order valence-electron chi connectivity index (χ4n) is 1.49. The van der Waals surface area contributed by atoms with Gasteiger partial charge in [-0.1, -0.05) is 18.2 Å². The van der Waals surface area contributed by atoms with E-state index in [1.54, 1.807) is 0 Å². The van der Waals surface area contributed by atoms with Gasteiger partial charge in [-0.15, -0.1) is 0 Å². The van der Waals surface area contributed by atoms with Gasteiger partial charge in [-0.2, -0.15) is 0 Å². The summed E-state index contributed by atoms with van der Waals surface area (Å²) >= 11 is 0. The summed E-state index contributed by atoms with van der Waals surface area (Å²) in [6.45, 7) is 3.90. The number of hydrogen-bond acceptors (Lipinski definition) is 3. The minimum atomic E-state index is 0.270. The third-order valence-electron chi connectivity index (χ3n) is 2.40. The molecule has 0 fully saturated rings. The lowest BCUT2D eigenvalue weighted by Gasteiger charge is -2.13. The maximum Gasteiger partial charge on any atom is 0.119 e. The standard InChI is InChI=1S/C13H21NO2/c1-12(6-5-10-15)14-9-11-16-13-7-3-2-4-8-13/h2-4,7-8,12,14-15H,5-6,9-11H2,1H3. The Hall–Kier alpha value is -1.06. The molecule has 0 bridgehead atoms. The molecule has 2 N–H and O–H groups in total. The third-order valence-corrected chi connectivity index (χ3v) is 2.40. The van der Waals surface area contributed by atoms with E-state index in [4.69, 9.17) is 9.84 Å². The van der Waals surface area contributed by atoms with E-state index >= 15 is 0 Å². The first-order valence-electron chi connectivity index (χ1n) is 5.85. The summed E-state index contributed by atoms with van der Waals surface area (Å²) in [6.07, 6.45) is 1.86. The molecular formula is C13H21NO2. The Bertz CT molecular complexity index is 264. The number of benzene rings is 1. The normalized spacial score (nSPS) is 12.4. The summed E-state index contributed by atoms with van der Waals surface area (Å²) < 4.78 is 5.55. The molecule has 3 nitrogen and oxygen atoms in total. The Labute approximate surface area is 97.4 Å². The Kier molecular flexibility index (Phi) is 6.61. The van der Waals surface area contributed by atoms with Crippen LogP contribution in [-0.2, 0) is 0 Å². The molecule has 0 amide bonds. The van der Waals surface area contributed by atoms with Crippen molar-refractivity contribution in [2.45, 2.75) is 25.8 Å². The molecule has 0 saturated carbocycles. The Morgan fingerprint density at radius 2 is 2.06 bits per heavy atom. The molecule has 0 heterocycles. The predicted molar refractivity (Wildman–Crippen MR) is 65.7 cm³/mol. The molecule has 1 aromatic rings. The van der Waals surface area contributed by atoms with Crippen LogP contribution in [0.1, 0.15) is 19.8 Å². The molecule has 0 saturated heterocycles. The highest BCUT2D eigenvalue weighted by molar-refractivity contribution is 5.20. The van der Waals surface area contributed by atoms with Crippen molar-refractivity contribution < 1.29 is 9.84 Å². The van der Waals surface area contributed by atoms with Crippen LogP contribution in [0.3, 0.4) is 0 Å². The fourth-order valence-corrected chi connectivity index (χ4v) is 1.49. The van der Waals surface area contributed by atoms with Gasteiger partial charge in [-0.3, -0.25) is 0 Å². The number of aliphatic hydroxyl groups is 1. The van der Waals surface area contributed by atoms with Crippen molar-refractivity contribution >= 4 is 0 Å². The molecule has 1 rings (SSSR count). The van der Waals surface area contributed by atoms with Crippen molar-refractivity contribution in [3.63, 3.8) is 0 Å². The van der Waals surface area contributed by atoms with Gasteiger partial charge in [0.15, 0.2) is 0 Å². The largest absolute Gasteiger partial charge is 0.492 e. The Morgan fingerprint density at radius 3 is 2.75 bits per heavy atom. The van der Waals surface area contributed by atoms with Gasteiger partial charge in [-0.25, -0.2) is 0 Å². The van der Waals surface area contributed by atoms with Gasteiger partial charge in [0.05, 0.1) is 0 Å². The van der Waals surface area contributed by atoms with E-state index in [1.165, 1.54) is 0 Å². The molecular weight excluding hydrogens is 202 g/mol. The highest BCUT2D eigenvalue weighted by Crippen LogP contribution is 2.07. The number of rotatable bonds is 8. The second-order valence-corrected chi connectivity index (χ2v) is 3.88. The molecule has 90 valence electrons. The van der Waals surface area contributed by atoms with Crippen LogP contribution in [0.5, 0.6) is 5.75 Å². The molecule has 0 aromatic heterocycles. The monoisotopic (exact) mass is 223 g/mol. The molecule has 0 aliphatic carbocycles. The zero-order valence-corrected chi connectivity index (χ0v) is 9.86. The lowest BCUT2D eigenvalue weighted by atomic mass is 10.2. The molecule has 3 heteroatoms. The van der Waals surface area contributed by atoms with Gasteiger partial charge in [0, 0.05) is 19.2 Å². The number of nitrogens with one attached hydrogen (secondary N) is 1. The van der Waals surface area contributed by atoms with Gasteiger partial charge in [-0.05, 0) is 31.9 Å².